The molecule has 0 spiro atoms. The van der Waals surface area contributed by atoms with E-state index >= 15 is 0 Å². The van der Waals surface area contributed by atoms with Gasteiger partial charge in [-0.05, 0) is 42.1 Å². The molecule has 8 heteroatoms. The maximum atomic E-state index is 12.3. The van der Waals surface area contributed by atoms with Gasteiger partial charge in [-0.15, -0.1) is 21.5 Å². The van der Waals surface area contributed by atoms with Crippen molar-refractivity contribution in [2.24, 2.45) is 0 Å². The van der Waals surface area contributed by atoms with Crippen molar-refractivity contribution in [3.05, 3.63) is 58.8 Å². The van der Waals surface area contributed by atoms with E-state index in [0.717, 1.165) is 4.88 Å². The van der Waals surface area contributed by atoms with Crippen LogP contribution in [0.2, 0.25) is 0 Å². The molecule has 0 unspecified atom stereocenters. The molecule has 0 N–H and O–H groups in total. The normalized spacial score (nSPS) is 12.3. The van der Waals surface area contributed by atoms with Gasteiger partial charge >= 0.3 is 5.97 Å². The highest BCUT2D eigenvalue weighted by Gasteiger charge is 2.21. The first-order chi connectivity index (χ1) is 13.1. The number of methoxy groups -OCH3 is 1. The summed E-state index contributed by atoms with van der Waals surface area (Å²) < 4.78 is 15.9. The average molecular weight is 381 g/mol. The van der Waals surface area contributed by atoms with Gasteiger partial charge in [0.25, 0.3) is 11.8 Å². The van der Waals surface area contributed by atoms with Crippen LogP contribution in [0, 0.1) is 11.3 Å². The van der Waals surface area contributed by atoms with Crippen LogP contribution in [0.15, 0.2) is 51.8 Å². The fourth-order valence-corrected chi connectivity index (χ4v) is 2.82. The maximum Gasteiger partial charge on any atom is 0.349 e. The van der Waals surface area contributed by atoms with Crippen LogP contribution in [0.4, 0.5) is 0 Å². The highest BCUT2D eigenvalue weighted by atomic mass is 32.1. The molecule has 1 atom stereocenters. The van der Waals surface area contributed by atoms with Crippen LogP contribution in [0.1, 0.15) is 24.5 Å². The zero-order valence-corrected chi connectivity index (χ0v) is 15.4. The SMILES string of the molecule is COc1ccc(/C=C(\C#N)C(=O)O[C@@H](C)c2nnc(-c3cccs3)o2)cc1. The van der Waals surface area contributed by atoms with Gasteiger partial charge in [0, 0.05) is 0 Å². The molecular weight excluding hydrogens is 366 g/mol. The highest BCUT2D eigenvalue weighted by Crippen LogP contribution is 2.26. The third-order valence-electron chi connectivity index (χ3n) is 3.57. The third kappa shape index (κ3) is 4.40. The summed E-state index contributed by atoms with van der Waals surface area (Å²) in [5, 5.41) is 19.0. The Kier molecular flexibility index (Phi) is 5.64. The van der Waals surface area contributed by atoms with Gasteiger partial charge in [-0.25, -0.2) is 4.79 Å². The van der Waals surface area contributed by atoms with Gasteiger partial charge in [-0.2, -0.15) is 5.26 Å². The second kappa shape index (κ2) is 8.29. The summed E-state index contributed by atoms with van der Waals surface area (Å²) in [6.45, 7) is 1.60. The first kappa shape index (κ1) is 18.4. The smallest absolute Gasteiger partial charge is 0.349 e. The van der Waals surface area contributed by atoms with Gasteiger partial charge in [-0.1, -0.05) is 18.2 Å². The van der Waals surface area contributed by atoms with E-state index in [9.17, 15) is 10.1 Å². The number of rotatable bonds is 6. The fraction of sp³-hybridized carbons (Fsp3) is 0.158. The lowest BCUT2D eigenvalue weighted by Gasteiger charge is -2.08. The van der Waals surface area contributed by atoms with Crippen molar-refractivity contribution in [2.75, 3.05) is 7.11 Å². The van der Waals surface area contributed by atoms with Crippen LogP contribution < -0.4 is 4.74 Å². The molecule has 3 rings (SSSR count). The van der Waals surface area contributed by atoms with Crippen LogP contribution in [-0.4, -0.2) is 23.3 Å². The molecule has 0 aliphatic carbocycles. The van der Waals surface area contributed by atoms with E-state index in [-0.39, 0.29) is 11.5 Å². The summed E-state index contributed by atoms with van der Waals surface area (Å²) >= 11 is 1.46. The quantitative estimate of drug-likeness (QED) is 0.361. The number of carbonyl (C=O) groups excluding carboxylic acids is 1. The van der Waals surface area contributed by atoms with E-state index in [0.29, 0.717) is 17.2 Å². The molecule has 7 nitrogen and oxygen atoms in total. The summed E-state index contributed by atoms with van der Waals surface area (Å²) in [5.74, 6) is 0.433. The molecule has 0 amide bonds. The van der Waals surface area contributed by atoms with Crippen molar-refractivity contribution < 1.29 is 18.7 Å². The predicted octanol–water partition coefficient (Wildman–Crippen LogP) is 4.02. The standard InChI is InChI=1S/C19H15N3O4S/c1-12(17-21-22-18(26-17)16-4-3-9-27-16)25-19(23)14(11-20)10-13-5-7-15(24-2)8-6-13/h3-10,12H,1-2H3/b14-10+/t12-/m0/s1. The summed E-state index contributed by atoms with van der Waals surface area (Å²) in [5.41, 5.74) is 0.541. The molecule has 3 aromatic rings. The largest absolute Gasteiger partial charge is 0.497 e. The van der Waals surface area contributed by atoms with E-state index in [1.807, 2.05) is 23.6 Å². The van der Waals surface area contributed by atoms with Crippen molar-refractivity contribution in [1.82, 2.24) is 10.2 Å². The van der Waals surface area contributed by atoms with Gasteiger partial charge in [0.05, 0.1) is 12.0 Å². The summed E-state index contributed by atoms with van der Waals surface area (Å²) in [6.07, 6.45) is 0.658. The second-order valence-corrected chi connectivity index (χ2v) is 6.36. The predicted molar refractivity (Wildman–Crippen MR) is 98.7 cm³/mol. The van der Waals surface area contributed by atoms with Crippen molar-refractivity contribution in [3.63, 3.8) is 0 Å². The first-order valence-corrected chi connectivity index (χ1v) is 8.82. The fourth-order valence-electron chi connectivity index (χ4n) is 2.18. The Labute approximate surface area is 159 Å². The number of aromatic nitrogens is 2. The molecule has 27 heavy (non-hydrogen) atoms. The first-order valence-electron chi connectivity index (χ1n) is 7.95. The summed E-state index contributed by atoms with van der Waals surface area (Å²) in [6, 6.07) is 12.5. The average Bonchev–Trinajstić information content (AvgIpc) is 3.37. The van der Waals surface area contributed by atoms with E-state index < -0.39 is 12.1 Å². The van der Waals surface area contributed by atoms with Crippen molar-refractivity contribution in [1.29, 1.82) is 5.26 Å². The van der Waals surface area contributed by atoms with Crippen LogP contribution in [-0.2, 0) is 9.53 Å². The Morgan fingerprint density at radius 1 is 1.30 bits per heavy atom. The van der Waals surface area contributed by atoms with E-state index in [1.165, 1.54) is 17.4 Å². The summed E-state index contributed by atoms with van der Waals surface area (Å²) in [7, 11) is 1.56. The number of hydrogen-bond donors (Lipinski definition) is 0. The van der Waals surface area contributed by atoms with Gasteiger partial charge in [-0.3, -0.25) is 0 Å². The molecule has 136 valence electrons. The minimum Gasteiger partial charge on any atom is -0.497 e. The third-order valence-corrected chi connectivity index (χ3v) is 4.43. The number of nitrogens with zero attached hydrogens (tertiary/aromatic N) is 3. The Balaban J connectivity index is 1.70. The Bertz CT molecular complexity index is 985. The van der Waals surface area contributed by atoms with E-state index in [2.05, 4.69) is 10.2 Å². The number of thiophene rings is 1. The molecule has 1 aromatic carbocycles. The number of esters is 1. The molecule has 0 fully saturated rings. The molecule has 0 bridgehead atoms. The van der Waals surface area contributed by atoms with Gasteiger partial charge < -0.3 is 13.9 Å². The van der Waals surface area contributed by atoms with E-state index in [1.54, 1.807) is 38.3 Å². The lowest BCUT2D eigenvalue weighted by atomic mass is 10.1. The van der Waals surface area contributed by atoms with Gasteiger partial charge in [0.1, 0.15) is 17.4 Å². The molecule has 0 aliphatic heterocycles. The number of carbonyl (C=O) groups is 1. The number of ether oxygens (including phenoxy) is 2. The Hall–Kier alpha value is -3.44. The molecule has 0 aliphatic rings. The summed E-state index contributed by atoms with van der Waals surface area (Å²) in [4.78, 5) is 13.1. The van der Waals surface area contributed by atoms with Crippen LogP contribution in [0.3, 0.4) is 0 Å². The van der Waals surface area contributed by atoms with Crippen LogP contribution >= 0.6 is 11.3 Å². The molecule has 2 aromatic heterocycles. The van der Waals surface area contributed by atoms with Crippen molar-refractivity contribution in [3.8, 4) is 22.6 Å². The molecule has 0 radical (unpaired) electrons. The molecule has 2 heterocycles. The zero-order chi connectivity index (χ0) is 19.2. The Morgan fingerprint density at radius 3 is 2.70 bits per heavy atom. The maximum absolute atomic E-state index is 12.3. The lowest BCUT2D eigenvalue weighted by molar-refractivity contribution is -0.144. The zero-order valence-electron chi connectivity index (χ0n) is 14.6. The van der Waals surface area contributed by atoms with Gasteiger partial charge in [0.2, 0.25) is 0 Å². The monoisotopic (exact) mass is 381 g/mol. The van der Waals surface area contributed by atoms with Gasteiger partial charge in [0.15, 0.2) is 6.10 Å². The van der Waals surface area contributed by atoms with Crippen molar-refractivity contribution >= 4 is 23.4 Å². The van der Waals surface area contributed by atoms with Crippen LogP contribution in [0.25, 0.3) is 16.8 Å². The highest BCUT2D eigenvalue weighted by molar-refractivity contribution is 7.13. The second-order valence-electron chi connectivity index (χ2n) is 5.41. The van der Waals surface area contributed by atoms with Crippen LogP contribution in [0.5, 0.6) is 5.75 Å². The molecule has 0 saturated heterocycles. The molecular formula is C19H15N3O4S. The number of hydrogen-bond acceptors (Lipinski definition) is 8. The van der Waals surface area contributed by atoms with E-state index in [4.69, 9.17) is 13.9 Å². The van der Waals surface area contributed by atoms with Crippen molar-refractivity contribution in [2.45, 2.75) is 13.0 Å². The lowest BCUT2D eigenvalue weighted by Crippen LogP contribution is -2.11. The minimum absolute atomic E-state index is 0.134. The minimum atomic E-state index is -0.786. The number of benzene rings is 1. The number of nitriles is 1. The topological polar surface area (TPSA) is 98.2 Å². The Morgan fingerprint density at radius 2 is 2.07 bits per heavy atom. The molecule has 0 saturated carbocycles.